The second-order valence-corrected chi connectivity index (χ2v) is 9.50. The number of hydrogen-bond donors (Lipinski definition) is 5. The van der Waals surface area contributed by atoms with Crippen LogP contribution in [0.3, 0.4) is 0 Å². The van der Waals surface area contributed by atoms with E-state index in [1.807, 2.05) is 6.08 Å². The van der Waals surface area contributed by atoms with Gasteiger partial charge in [0.1, 0.15) is 6.54 Å². The predicted molar refractivity (Wildman–Crippen MR) is 133 cm³/mol. The molecule has 9 heteroatoms. The van der Waals surface area contributed by atoms with Gasteiger partial charge in [0.05, 0.1) is 12.1 Å². The summed E-state index contributed by atoms with van der Waals surface area (Å²) in [7, 11) is 0. The Morgan fingerprint density at radius 2 is 1.45 bits per heavy atom. The first kappa shape index (κ1) is 31.4. The van der Waals surface area contributed by atoms with Crippen LogP contribution in [-0.4, -0.2) is 57.6 Å². The van der Waals surface area contributed by atoms with Crippen LogP contribution < -0.4 is 11.1 Å². The van der Waals surface area contributed by atoms with E-state index >= 15 is 0 Å². The maximum atomic E-state index is 11.8. The average molecular weight is 489 g/mol. The lowest BCUT2D eigenvalue weighted by Gasteiger charge is -2.17. The van der Waals surface area contributed by atoms with Crippen molar-refractivity contribution in [3.05, 3.63) is 11.0 Å². The van der Waals surface area contributed by atoms with Gasteiger partial charge < -0.3 is 26.4 Å². The molecule has 0 aromatic carbocycles. The Balaban J connectivity index is 4.33. The van der Waals surface area contributed by atoms with Crippen molar-refractivity contribution in [3.63, 3.8) is 0 Å². The lowest BCUT2D eigenvalue weighted by molar-refractivity contribution is -0.138. The standard InChI is InChI=1S/C24H44N2O6S/c1-2-3-4-5-6-7-8-9-10-11-12-13-14-21(20(27)15-16-22(28)29)33-18-19(25)24(32)26-17-23(30)31/h14,19-20,27H,2-13,15-18,25H2,1H3,(H,26,32)(H,28,29)(H,30,31)/b21-14-. The zero-order valence-electron chi connectivity index (χ0n) is 20.1. The van der Waals surface area contributed by atoms with Gasteiger partial charge in [-0.3, -0.25) is 14.4 Å². The second kappa shape index (κ2) is 21.0. The largest absolute Gasteiger partial charge is 0.481 e. The van der Waals surface area contributed by atoms with E-state index in [0.717, 1.165) is 19.3 Å². The molecule has 0 spiro atoms. The molecule has 0 heterocycles. The molecule has 6 N–H and O–H groups in total. The number of amides is 1. The smallest absolute Gasteiger partial charge is 0.322 e. The van der Waals surface area contributed by atoms with Gasteiger partial charge in [-0.25, -0.2) is 0 Å². The fourth-order valence-electron chi connectivity index (χ4n) is 3.30. The number of allylic oxidation sites excluding steroid dienone is 1. The third kappa shape index (κ3) is 19.6. The monoisotopic (exact) mass is 488 g/mol. The van der Waals surface area contributed by atoms with Crippen LogP contribution in [0.25, 0.3) is 0 Å². The first-order valence-corrected chi connectivity index (χ1v) is 13.2. The van der Waals surface area contributed by atoms with Crippen LogP contribution >= 0.6 is 11.8 Å². The molecule has 33 heavy (non-hydrogen) atoms. The molecule has 0 saturated carbocycles. The van der Waals surface area contributed by atoms with Gasteiger partial charge in [-0.05, 0) is 19.3 Å². The maximum absolute atomic E-state index is 11.8. The van der Waals surface area contributed by atoms with Crippen molar-refractivity contribution in [2.75, 3.05) is 12.3 Å². The van der Waals surface area contributed by atoms with Crippen molar-refractivity contribution < 1.29 is 29.7 Å². The highest BCUT2D eigenvalue weighted by molar-refractivity contribution is 8.03. The number of carboxylic acid groups (broad SMARTS) is 2. The number of thioether (sulfide) groups is 1. The molecule has 2 unspecified atom stereocenters. The van der Waals surface area contributed by atoms with Gasteiger partial charge in [0, 0.05) is 17.1 Å². The number of carbonyl (C=O) groups is 3. The zero-order chi connectivity index (χ0) is 24.9. The Morgan fingerprint density at radius 1 is 0.909 bits per heavy atom. The SMILES string of the molecule is CCCCCCCCCCCCC/C=C(\SCC(N)C(=O)NCC(=O)O)C(O)CCC(=O)O. The van der Waals surface area contributed by atoms with Crippen molar-refractivity contribution in [3.8, 4) is 0 Å². The van der Waals surface area contributed by atoms with E-state index in [-0.39, 0.29) is 18.6 Å². The summed E-state index contributed by atoms with van der Waals surface area (Å²) in [6.07, 6.45) is 15.4. The average Bonchev–Trinajstić information content (AvgIpc) is 2.78. The van der Waals surface area contributed by atoms with E-state index in [9.17, 15) is 19.5 Å². The van der Waals surface area contributed by atoms with Gasteiger partial charge in [-0.15, -0.1) is 11.8 Å². The van der Waals surface area contributed by atoms with E-state index in [2.05, 4.69) is 12.2 Å². The van der Waals surface area contributed by atoms with Crippen LogP contribution in [0, 0.1) is 0 Å². The molecule has 192 valence electrons. The third-order valence-corrected chi connectivity index (χ3v) is 6.59. The Labute approximate surface area is 202 Å². The summed E-state index contributed by atoms with van der Waals surface area (Å²) in [5, 5.41) is 30.1. The molecule has 0 radical (unpaired) electrons. The summed E-state index contributed by atoms with van der Waals surface area (Å²) >= 11 is 1.22. The van der Waals surface area contributed by atoms with Crippen molar-refractivity contribution in [1.82, 2.24) is 5.32 Å². The highest BCUT2D eigenvalue weighted by Gasteiger charge is 2.18. The Bertz CT molecular complexity index is 585. The molecule has 8 nitrogen and oxygen atoms in total. The van der Waals surface area contributed by atoms with E-state index in [4.69, 9.17) is 15.9 Å². The topological polar surface area (TPSA) is 150 Å². The van der Waals surface area contributed by atoms with Gasteiger partial charge in [0.2, 0.25) is 5.91 Å². The number of aliphatic hydroxyl groups excluding tert-OH is 1. The molecular formula is C24H44N2O6S. The van der Waals surface area contributed by atoms with Gasteiger partial charge in [-0.1, -0.05) is 77.2 Å². The molecule has 2 atom stereocenters. The first-order valence-electron chi connectivity index (χ1n) is 12.3. The zero-order valence-corrected chi connectivity index (χ0v) is 20.9. The summed E-state index contributed by atoms with van der Waals surface area (Å²) in [6.45, 7) is 1.73. The molecule has 0 fully saturated rings. The Kier molecular flexibility index (Phi) is 20.0. The number of carbonyl (C=O) groups excluding carboxylic acids is 1. The summed E-state index contributed by atoms with van der Waals surface area (Å²) < 4.78 is 0. The van der Waals surface area contributed by atoms with E-state index in [1.54, 1.807) is 0 Å². The van der Waals surface area contributed by atoms with E-state index < -0.39 is 36.5 Å². The lowest BCUT2D eigenvalue weighted by atomic mass is 10.0. The van der Waals surface area contributed by atoms with Crippen LogP contribution in [-0.2, 0) is 14.4 Å². The summed E-state index contributed by atoms with van der Waals surface area (Å²) in [5.74, 6) is -2.54. The highest BCUT2D eigenvalue weighted by atomic mass is 32.2. The Hall–Kier alpha value is -1.58. The van der Waals surface area contributed by atoms with Gasteiger partial charge in [-0.2, -0.15) is 0 Å². The summed E-state index contributed by atoms with van der Waals surface area (Å²) in [6, 6.07) is -0.925. The molecule has 0 aliphatic rings. The van der Waals surface area contributed by atoms with Crippen molar-refractivity contribution >= 4 is 29.6 Å². The van der Waals surface area contributed by atoms with Crippen LogP contribution in [0.4, 0.5) is 0 Å². The molecule has 0 saturated heterocycles. The van der Waals surface area contributed by atoms with E-state index in [0.29, 0.717) is 4.91 Å². The maximum Gasteiger partial charge on any atom is 0.322 e. The van der Waals surface area contributed by atoms with Crippen LogP contribution in [0.2, 0.25) is 0 Å². The van der Waals surface area contributed by atoms with Crippen LogP contribution in [0.5, 0.6) is 0 Å². The summed E-state index contributed by atoms with van der Waals surface area (Å²) in [5.41, 5.74) is 5.81. The number of rotatable bonds is 22. The van der Waals surface area contributed by atoms with Crippen molar-refractivity contribution in [2.24, 2.45) is 5.73 Å². The van der Waals surface area contributed by atoms with Crippen molar-refractivity contribution in [2.45, 2.75) is 109 Å². The molecule has 0 aliphatic carbocycles. The molecule has 0 rings (SSSR count). The molecule has 0 aliphatic heterocycles. The predicted octanol–water partition coefficient (Wildman–Crippen LogP) is 4.06. The lowest BCUT2D eigenvalue weighted by Crippen LogP contribution is -2.44. The fraction of sp³-hybridized carbons (Fsp3) is 0.792. The van der Waals surface area contributed by atoms with Gasteiger partial charge >= 0.3 is 11.9 Å². The minimum atomic E-state index is -1.15. The number of aliphatic hydroxyl groups is 1. The quantitative estimate of drug-likeness (QED) is 0.143. The number of nitrogens with two attached hydrogens (primary N) is 1. The fourth-order valence-corrected chi connectivity index (χ4v) is 4.37. The molecule has 1 amide bonds. The minimum absolute atomic E-state index is 0.0902. The van der Waals surface area contributed by atoms with Crippen LogP contribution in [0.1, 0.15) is 96.8 Å². The number of carboxylic acids is 2. The van der Waals surface area contributed by atoms with Crippen LogP contribution in [0.15, 0.2) is 11.0 Å². The minimum Gasteiger partial charge on any atom is -0.481 e. The second-order valence-electron chi connectivity index (χ2n) is 8.41. The molecule has 0 aromatic rings. The number of aliphatic carboxylic acids is 2. The number of hydrogen-bond acceptors (Lipinski definition) is 6. The van der Waals surface area contributed by atoms with Gasteiger partial charge in [0.25, 0.3) is 0 Å². The highest BCUT2D eigenvalue weighted by Crippen LogP contribution is 2.25. The third-order valence-electron chi connectivity index (χ3n) is 5.29. The normalized spacial score (nSPS) is 13.5. The van der Waals surface area contributed by atoms with Crippen molar-refractivity contribution in [1.29, 1.82) is 0 Å². The summed E-state index contributed by atoms with van der Waals surface area (Å²) in [4.78, 5) is 33.8. The first-order chi connectivity index (χ1) is 15.8. The van der Waals surface area contributed by atoms with E-state index in [1.165, 1.54) is 69.5 Å². The Morgan fingerprint density at radius 3 is 1.97 bits per heavy atom. The number of unbranched alkanes of at least 4 members (excludes halogenated alkanes) is 11. The molecular weight excluding hydrogens is 444 g/mol. The molecule has 0 aromatic heterocycles. The number of nitrogens with one attached hydrogen (secondary N) is 1. The van der Waals surface area contributed by atoms with Gasteiger partial charge in [0.15, 0.2) is 0 Å². The molecule has 0 bridgehead atoms.